The Hall–Kier alpha value is -1.63. The second-order valence-corrected chi connectivity index (χ2v) is 7.55. The molecule has 1 saturated heterocycles. The standard InChI is InChI=1S/C13H19N3O3S/c1-16(2)11-3-4-12(14-8-11)15-13(17)7-10-5-6-20(18,19)9-10/h3-4,8,10H,5-7,9H2,1-2H3,(H,14,15,17). The van der Waals surface area contributed by atoms with Crippen LogP contribution in [0.2, 0.25) is 0 Å². The molecule has 0 aliphatic carbocycles. The number of nitrogens with zero attached hydrogens (tertiary/aromatic N) is 2. The normalized spacial score (nSPS) is 20.6. The molecule has 110 valence electrons. The molecule has 1 amide bonds. The Balaban J connectivity index is 1.88. The minimum atomic E-state index is -2.93. The molecular weight excluding hydrogens is 278 g/mol. The quantitative estimate of drug-likeness (QED) is 0.893. The summed E-state index contributed by atoms with van der Waals surface area (Å²) >= 11 is 0. The van der Waals surface area contributed by atoms with Gasteiger partial charge < -0.3 is 10.2 Å². The Morgan fingerprint density at radius 2 is 2.20 bits per heavy atom. The van der Waals surface area contributed by atoms with Gasteiger partial charge in [0.2, 0.25) is 5.91 Å². The van der Waals surface area contributed by atoms with Crippen LogP contribution in [0.15, 0.2) is 18.3 Å². The summed E-state index contributed by atoms with van der Waals surface area (Å²) in [5.74, 6) is 0.549. The van der Waals surface area contributed by atoms with Crippen molar-refractivity contribution in [1.82, 2.24) is 4.98 Å². The molecule has 0 spiro atoms. The van der Waals surface area contributed by atoms with Gasteiger partial charge in [-0.05, 0) is 24.5 Å². The van der Waals surface area contributed by atoms with Crippen molar-refractivity contribution in [3.8, 4) is 0 Å². The summed E-state index contributed by atoms with van der Waals surface area (Å²) in [5.41, 5.74) is 0.949. The fraction of sp³-hybridized carbons (Fsp3) is 0.538. The number of sulfone groups is 1. The summed E-state index contributed by atoms with van der Waals surface area (Å²) in [6.45, 7) is 0. The second-order valence-electron chi connectivity index (χ2n) is 5.32. The van der Waals surface area contributed by atoms with Crippen molar-refractivity contribution < 1.29 is 13.2 Å². The van der Waals surface area contributed by atoms with Gasteiger partial charge in [0.1, 0.15) is 5.82 Å². The van der Waals surface area contributed by atoms with Gasteiger partial charge in [-0.2, -0.15) is 0 Å². The lowest BCUT2D eigenvalue weighted by Crippen LogP contribution is -2.18. The Morgan fingerprint density at radius 3 is 2.70 bits per heavy atom. The first kappa shape index (κ1) is 14.8. The molecule has 2 rings (SSSR count). The lowest BCUT2D eigenvalue weighted by atomic mass is 10.1. The van der Waals surface area contributed by atoms with Crippen molar-refractivity contribution in [1.29, 1.82) is 0 Å². The largest absolute Gasteiger partial charge is 0.376 e. The maximum atomic E-state index is 11.8. The van der Waals surface area contributed by atoms with Crippen LogP contribution < -0.4 is 10.2 Å². The SMILES string of the molecule is CN(C)c1ccc(NC(=O)CC2CCS(=O)(=O)C2)nc1. The van der Waals surface area contributed by atoms with Crippen molar-refractivity contribution in [3.05, 3.63) is 18.3 Å². The van der Waals surface area contributed by atoms with Crippen LogP contribution in [-0.2, 0) is 14.6 Å². The van der Waals surface area contributed by atoms with E-state index in [1.165, 1.54) is 0 Å². The molecule has 1 aromatic heterocycles. The molecule has 0 saturated carbocycles. The van der Waals surface area contributed by atoms with Gasteiger partial charge in [0, 0.05) is 20.5 Å². The average molecular weight is 297 g/mol. The maximum absolute atomic E-state index is 11.8. The third-order valence-electron chi connectivity index (χ3n) is 3.33. The molecule has 7 heteroatoms. The van der Waals surface area contributed by atoms with Crippen molar-refractivity contribution in [2.24, 2.45) is 5.92 Å². The third-order valence-corrected chi connectivity index (χ3v) is 5.17. The van der Waals surface area contributed by atoms with Crippen LogP contribution >= 0.6 is 0 Å². The highest BCUT2D eigenvalue weighted by atomic mass is 32.2. The molecule has 1 aromatic rings. The van der Waals surface area contributed by atoms with Crippen LogP contribution in [0.4, 0.5) is 11.5 Å². The van der Waals surface area contributed by atoms with Gasteiger partial charge in [-0.25, -0.2) is 13.4 Å². The van der Waals surface area contributed by atoms with Crippen LogP contribution in [0.5, 0.6) is 0 Å². The van der Waals surface area contributed by atoms with Crippen molar-refractivity contribution >= 4 is 27.2 Å². The monoisotopic (exact) mass is 297 g/mol. The topological polar surface area (TPSA) is 79.4 Å². The molecule has 1 aliphatic heterocycles. The lowest BCUT2D eigenvalue weighted by molar-refractivity contribution is -0.116. The molecule has 1 unspecified atom stereocenters. The number of rotatable bonds is 4. The van der Waals surface area contributed by atoms with Gasteiger partial charge in [0.15, 0.2) is 9.84 Å². The fourth-order valence-corrected chi connectivity index (χ4v) is 4.08. The molecule has 20 heavy (non-hydrogen) atoms. The first-order valence-corrected chi connectivity index (χ1v) is 8.31. The number of anilines is 2. The summed E-state index contributed by atoms with van der Waals surface area (Å²) in [7, 11) is 0.895. The molecule has 6 nitrogen and oxygen atoms in total. The zero-order chi connectivity index (χ0) is 14.8. The van der Waals surface area contributed by atoms with Gasteiger partial charge in [-0.1, -0.05) is 0 Å². The van der Waals surface area contributed by atoms with Crippen molar-refractivity contribution in [2.75, 3.05) is 35.8 Å². The number of hydrogen-bond acceptors (Lipinski definition) is 5. The van der Waals surface area contributed by atoms with E-state index < -0.39 is 9.84 Å². The van der Waals surface area contributed by atoms with Crippen LogP contribution in [0.3, 0.4) is 0 Å². The Kier molecular flexibility index (Phi) is 4.27. The zero-order valence-electron chi connectivity index (χ0n) is 11.7. The van der Waals surface area contributed by atoms with Crippen LogP contribution in [0, 0.1) is 5.92 Å². The van der Waals surface area contributed by atoms with Crippen molar-refractivity contribution in [3.63, 3.8) is 0 Å². The molecule has 1 aliphatic rings. The zero-order valence-corrected chi connectivity index (χ0v) is 12.5. The van der Waals surface area contributed by atoms with Crippen LogP contribution in [0.1, 0.15) is 12.8 Å². The number of aromatic nitrogens is 1. The van der Waals surface area contributed by atoms with Gasteiger partial charge >= 0.3 is 0 Å². The number of carbonyl (C=O) groups is 1. The number of carbonyl (C=O) groups excluding carboxylic acids is 1. The van der Waals surface area contributed by atoms with Gasteiger partial charge in [0.05, 0.1) is 23.4 Å². The molecule has 0 bridgehead atoms. The maximum Gasteiger partial charge on any atom is 0.225 e. The number of nitrogens with one attached hydrogen (secondary N) is 1. The highest BCUT2D eigenvalue weighted by molar-refractivity contribution is 7.91. The first-order chi connectivity index (χ1) is 9.35. The van der Waals surface area contributed by atoms with E-state index in [1.807, 2.05) is 25.1 Å². The number of pyridine rings is 1. The number of hydrogen-bond donors (Lipinski definition) is 1. The minimum Gasteiger partial charge on any atom is -0.376 e. The predicted octanol–water partition coefficient (Wildman–Crippen LogP) is 0.911. The molecule has 1 fully saturated rings. The van der Waals surface area contributed by atoms with Gasteiger partial charge in [-0.3, -0.25) is 4.79 Å². The molecule has 0 aromatic carbocycles. The summed E-state index contributed by atoms with van der Waals surface area (Å²) in [5, 5.41) is 2.70. The van der Waals surface area contributed by atoms with E-state index in [-0.39, 0.29) is 29.8 Å². The molecule has 0 radical (unpaired) electrons. The lowest BCUT2D eigenvalue weighted by Gasteiger charge is -2.12. The van der Waals surface area contributed by atoms with E-state index in [4.69, 9.17) is 0 Å². The molecule has 2 heterocycles. The Labute approximate surface area is 119 Å². The highest BCUT2D eigenvalue weighted by Gasteiger charge is 2.29. The van der Waals surface area contributed by atoms with E-state index in [2.05, 4.69) is 10.3 Å². The molecule has 1 N–H and O–H groups in total. The van der Waals surface area contributed by atoms with E-state index in [0.29, 0.717) is 12.2 Å². The molecular formula is C13H19N3O3S. The minimum absolute atomic E-state index is 0.0685. The van der Waals surface area contributed by atoms with Gasteiger partial charge in [0.25, 0.3) is 0 Å². The third kappa shape index (κ3) is 3.93. The Bertz CT molecular complexity index is 581. The summed E-state index contributed by atoms with van der Waals surface area (Å²) in [6.07, 6.45) is 2.48. The highest BCUT2D eigenvalue weighted by Crippen LogP contribution is 2.22. The van der Waals surface area contributed by atoms with Crippen LogP contribution in [0.25, 0.3) is 0 Å². The number of amides is 1. The van der Waals surface area contributed by atoms with E-state index in [1.54, 1.807) is 12.3 Å². The van der Waals surface area contributed by atoms with Crippen LogP contribution in [-0.4, -0.2) is 44.9 Å². The summed E-state index contributed by atoms with van der Waals surface area (Å²) < 4.78 is 22.7. The van der Waals surface area contributed by atoms with E-state index in [9.17, 15) is 13.2 Å². The summed E-state index contributed by atoms with van der Waals surface area (Å²) in [4.78, 5) is 17.9. The first-order valence-electron chi connectivity index (χ1n) is 6.49. The average Bonchev–Trinajstić information content (AvgIpc) is 2.69. The fourth-order valence-electron chi connectivity index (χ4n) is 2.21. The smallest absolute Gasteiger partial charge is 0.225 e. The molecule has 1 atom stereocenters. The van der Waals surface area contributed by atoms with Crippen molar-refractivity contribution in [2.45, 2.75) is 12.8 Å². The van der Waals surface area contributed by atoms with E-state index in [0.717, 1.165) is 5.69 Å². The van der Waals surface area contributed by atoms with E-state index >= 15 is 0 Å². The second kappa shape index (κ2) is 5.78. The predicted molar refractivity (Wildman–Crippen MR) is 78.6 cm³/mol. The van der Waals surface area contributed by atoms with Gasteiger partial charge in [-0.15, -0.1) is 0 Å². The Morgan fingerprint density at radius 1 is 1.45 bits per heavy atom. The summed E-state index contributed by atoms with van der Waals surface area (Å²) in [6, 6.07) is 3.60.